The van der Waals surface area contributed by atoms with Gasteiger partial charge in [-0.3, -0.25) is 4.79 Å². The summed E-state index contributed by atoms with van der Waals surface area (Å²) in [7, 11) is 0. The second-order valence-electron chi connectivity index (χ2n) is 4.06. The molecular formula is C9H16F2N2O2. The van der Waals surface area contributed by atoms with E-state index in [1.807, 2.05) is 0 Å². The van der Waals surface area contributed by atoms with Crippen molar-refractivity contribution in [2.24, 2.45) is 5.73 Å². The van der Waals surface area contributed by atoms with E-state index in [-0.39, 0.29) is 0 Å². The molecule has 1 aliphatic carbocycles. The van der Waals surface area contributed by atoms with E-state index >= 15 is 0 Å². The van der Waals surface area contributed by atoms with Gasteiger partial charge < -0.3 is 16.2 Å². The van der Waals surface area contributed by atoms with Gasteiger partial charge in [0.1, 0.15) is 6.61 Å². The molecule has 1 rings (SSSR count). The van der Waals surface area contributed by atoms with Gasteiger partial charge in [-0.15, -0.1) is 0 Å². The van der Waals surface area contributed by atoms with Crippen LogP contribution in [0, 0.1) is 0 Å². The monoisotopic (exact) mass is 222 g/mol. The lowest BCUT2D eigenvalue weighted by molar-refractivity contribution is -0.129. The molecule has 15 heavy (non-hydrogen) atoms. The van der Waals surface area contributed by atoms with Gasteiger partial charge in [0.05, 0.1) is 12.1 Å². The fourth-order valence-electron chi connectivity index (χ4n) is 1.67. The first-order valence-electron chi connectivity index (χ1n) is 4.95. The van der Waals surface area contributed by atoms with E-state index in [1.54, 1.807) is 0 Å². The molecule has 1 amide bonds. The smallest absolute Gasteiger partial charge is 0.287 e. The first-order valence-corrected chi connectivity index (χ1v) is 4.95. The molecule has 0 saturated heterocycles. The van der Waals surface area contributed by atoms with Crippen LogP contribution in [0.25, 0.3) is 0 Å². The number of hydrogen-bond donors (Lipinski definition) is 3. The SMILES string of the molecule is NC1(C(=O)NCC(F)(F)CO)CCCC1. The topological polar surface area (TPSA) is 75.4 Å². The summed E-state index contributed by atoms with van der Waals surface area (Å²) in [6.07, 6.45) is 2.76. The third kappa shape index (κ3) is 3.10. The summed E-state index contributed by atoms with van der Waals surface area (Å²) in [6.45, 7) is -2.13. The van der Waals surface area contributed by atoms with Gasteiger partial charge in [-0.1, -0.05) is 12.8 Å². The molecule has 0 radical (unpaired) electrons. The van der Waals surface area contributed by atoms with E-state index in [1.165, 1.54) is 0 Å². The molecule has 0 aromatic heterocycles. The average molecular weight is 222 g/mol. The van der Waals surface area contributed by atoms with Crippen molar-refractivity contribution in [3.05, 3.63) is 0 Å². The Balaban J connectivity index is 2.42. The van der Waals surface area contributed by atoms with Crippen LogP contribution < -0.4 is 11.1 Å². The first-order chi connectivity index (χ1) is 6.90. The molecule has 4 nitrogen and oxygen atoms in total. The van der Waals surface area contributed by atoms with Gasteiger partial charge in [-0.2, -0.15) is 0 Å². The Morgan fingerprint density at radius 1 is 1.47 bits per heavy atom. The highest BCUT2D eigenvalue weighted by Crippen LogP contribution is 2.27. The highest BCUT2D eigenvalue weighted by Gasteiger charge is 2.38. The van der Waals surface area contributed by atoms with Crippen LogP contribution in [0.2, 0.25) is 0 Å². The van der Waals surface area contributed by atoms with Gasteiger partial charge in [0.2, 0.25) is 5.91 Å². The van der Waals surface area contributed by atoms with E-state index in [0.29, 0.717) is 12.8 Å². The Labute approximate surface area is 86.8 Å². The molecule has 0 bridgehead atoms. The number of amides is 1. The quantitative estimate of drug-likeness (QED) is 0.626. The third-order valence-electron chi connectivity index (χ3n) is 2.69. The van der Waals surface area contributed by atoms with E-state index in [9.17, 15) is 13.6 Å². The van der Waals surface area contributed by atoms with E-state index in [0.717, 1.165) is 12.8 Å². The van der Waals surface area contributed by atoms with Crippen LogP contribution in [0.3, 0.4) is 0 Å². The van der Waals surface area contributed by atoms with Crippen LogP contribution >= 0.6 is 0 Å². The standard InChI is InChI=1S/C9H16F2N2O2/c10-9(11,6-14)5-13-7(15)8(12)3-1-2-4-8/h14H,1-6,12H2,(H,13,15). The van der Waals surface area contributed by atoms with E-state index in [2.05, 4.69) is 5.32 Å². The molecule has 0 aromatic carbocycles. The molecule has 0 spiro atoms. The lowest BCUT2D eigenvalue weighted by atomic mass is 9.98. The molecule has 1 saturated carbocycles. The summed E-state index contributed by atoms with van der Waals surface area (Å²) in [6, 6.07) is 0. The van der Waals surface area contributed by atoms with E-state index in [4.69, 9.17) is 10.8 Å². The number of halogens is 2. The number of aliphatic hydroxyl groups is 1. The second kappa shape index (κ2) is 4.40. The Bertz CT molecular complexity index is 240. The van der Waals surface area contributed by atoms with Crippen LogP contribution in [0.4, 0.5) is 8.78 Å². The lowest BCUT2D eigenvalue weighted by Crippen LogP contribution is -2.54. The molecule has 0 aromatic rings. The maximum Gasteiger partial charge on any atom is 0.287 e. The number of nitrogens with two attached hydrogens (primary N) is 1. The number of carbonyl (C=O) groups is 1. The summed E-state index contributed by atoms with van der Waals surface area (Å²) in [5, 5.41) is 10.4. The highest BCUT2D eigenvalue weighted by atomic mass is 19.3. The summed E-state index contributed by atoms with van der Waals surface area (Å²) in [5.74, 6) is -3.82. The van der Waals surface area contributed by atoms with Gasteiger partial charge in [0.15, 0.2) is 0 Å². The zero-order chi connectivity index (χ0) is 11.5. The van der Waals surface area contributed by atoms with Crippen LogP contribution in [-0.4, -0.2) is 35.6 Å². The van der Waals surface area contributed by atoms with Crippen molar-refractivity contribution < 1.29 is 18.7 Å². The molecule has 0 heterocycles. The van der Waals surface area contributed by atoms with Crippen LogP contribution in [0.15, 0.2) is 0 Å². The Morgan fingerprint density at radius 2 is 2.00 bits per heavy atom. The third-order valence-corrected chi connectivity index (χ3v) is 2.69. The minimum absolute atomic E-state index is 0.531. The minimum Gasteiger partial charge on any atom is -0.390 e. The fraction of sp³-hybridized carbons (Fsp3) is 0.889. The summed E-state index contributed by atoms with van der Waals surface area (Å²) < 4.78 is 25.2. The predicted octanol–water partition coefficient (Wildman–Crippen LogP) is 0.00170. The van der Waals surface area contributed by atoms with Crippen molar-refractivity contribution in [3.8, 4) is 0 Å². The predicted molar refractivity (Wildman–Crippen MR) is 50.4 cm³/mol. The zero-order valence-corrected chi connectivity index (χ0v) is 8.43. The number of nitrogens with one attached hydrogen (secondary N) is 1. The molecule has 0 atom stereocenters. The van der Waals surface area contributed by atoms with Gasteiger partial charge in [0, 0.05) is 0 Å². The molecule has 4 N–H and O–H groups in total. The molecular weight excluding hydrogens is 206 g/mol. The molecule has 88 valence electrons. The van der Waals surface area contributed by atoms with Crippen molar-refractivity contribution in [2.75, 3.05) is 13.2 Å². The van der Waals surface area contributed by atoms with Gasteiger partial charge >= 0.3 is 0 Å². The fourth-order valence-corrected chi connectivity index (χ4v) is 1.67. The van der Waals surface area contributed by atoms with Crippen LogP contribution in [0.1, 0.15) is 25.7 Å². The zero-order valence-electron chi connectivity index (χ0n) is 8.43. The highest BCUT2D eigenvalue weighted by molar-refractivity contribution is 5.86. The maximum atomic E-state index is 12.6. The average Bonchev–Trinajstić information content (AvgIpc) is 2.63. The van der Waals surface area contributed by atoms with Crippen molar-refractivity contribution >= 4 is 5.91 Å². The molecule has 0 unspecified atom stereocenters. The first kappa shape index (κ1) is 12.3. The largest absolute Gasteiger partial charge is 0.390 e. The van der Waals surface area contributed by atoms with Gasteiger partial charge in [-0.25, -0.2) is 8.78 Å². The van der Waals surface area contributed by atoms with Crippen LogP contribution in [0.5, 0.6) is 0 Å². The Hall–Kier alpha value is -0.750. The minimum atomic E-state index is -3.27. The van der Waals surface area contributed by atoms with Gasteiger partial charge in [-0.05, 0) is 12.8 Å². The molecule has 0 aliphatic heterocycles. The maximum absolute atomic E-state index is 12.6. The number of carbonyl (C=O) groups excluding carboxylic acids is 1. The molecule has 6 heteroatoms. The lowest BCUT2D eigenvalue weighted by Gasteiger charge is -2.23. The normalized spacial score (nSPS) is 20.3. The van der Waals surface area contributed by atoms with Gasteiger partial charge in [0.25, 0.3) is 5.92 Å². The molecule has 1 fully saturated rings. The second-order valence-corrected chi connectivity index (χ2v) is 4.06. The number of alkyl halides is 2. The van der Waals surface area contributed by atoms with Crippen LogP contribution in [-0.2, 0) is 4.79 Å². The number of aliphatic hydroxyl groups excluding tert-OH is 1. The summed E-state index contributed by atoms with van der Waals surface area (Å²) in [4.78, 5) is 11.5. The Kier molecular flexibility index (Phi) is 3.62. The van der Waals surface area contributed by atoms with Crippen molar-refractivity contribution in [3.63, 3.8) is 0 Å². The van der Waals surface area contributed by atoms with Crippen molar-refractivity contribution in [2.45, 2.75) is 37.1 Å². The number of rotatable bonds is 4. The van der Waals surface area contributed by atoms with Crippen molar-refractivity contribution in [1.29, 1.82) is 0 Å². The summed E-state index contributed by atoms with van der Waals surface area (Å²) in [5.41, 5.74) is 4.76. The van der Waals surface area contributed by atoms with Crippen molar-refractivity contribution in [1.82, 2.24) is 5.32 Å². The number of hydrogen-bond acceptors (Lipinski definition) is 3. The summed E-state index contributed by atoms with van der Waals surface area (Å²) >= 11 is 0. The van der Waals surface area contributed by atoms with E-state index < -0.39 is 30.5 Å². The molecule has 1 aliphatic rings. The Morgan fingerprint density at radius 3 is 2.47 bits per heavy atom.